The van der Waals surface area contributed by atoms with Crippen LogP contribution in [-0.2, 0) is 10.2 Å². The van der Waals surface area contributed by atoms with Gasteiger partial charge in [0.25, 0.3) is 0 Å². The zero-order valence-electron chi connectivity index (χ0n) is 10.5. The molecule has 1 aromatic carbocycles. The number of nitrogens with one attached hydrogen (secondary N) is 1. The Morgan fingerprint density at radius 1 is 1.26 bits per heavy atom. The van der Waals surface area contributed by atoms with Crippen LogP contribution in [0.4, 0.5) is 0 Å². The Labute approximate surface area is 125 Å². The van der Waals surface area contributed by atoms with Crippen molar-refractivity contribution in [3.63, 3.8) is 0 Å². The number of hydrogen-bond acceptors (Lipinski definition) is 2. The van der Waals surface area contributed by atoms with Gasteiger partial charge in [-0.15, -0.1) is 11.3 Å². The number of amides is 1. The largest absolute Gasteiger partial charge is 0.348 e. The summed E-state index contributed by atoms with van der Waals surface area (Å²) in [6.07, 6.45) is 0.541. The molecule has 2 heterocycles. The normalized spacial score (nSPS) is 26.4. The number of rotatable bonds is 2. The average molecular weight is 336 g/mol. The van der Waals surface area contributed by atoms with E-state index in [4.69, 9.17) is 0 Å². The van der Waals surface area contributed by atoms with Crippen molar-refractivity contribution in [1.29, 1.82) is 0 Å². The standard InChI is InChI=1S/C15H14BrNOS/c1-15(11-7-8-12(16)19-11)9-13(18)17-14(15)10-5-3-2-4-6-10/h2-8,14H,9H2,1H3,(H,17,18). The van der Waals surface area contributed by atoms with Crippen molar-refractivity contribution in [2.45, 2.75) is 24.8 Å². The van der Waals surface area contributed by atoms with E-state index in [-0.39, 0.29) is 17.4 Å². The lowest BCUT2D eigenvalue weighted by Crippen LogP contribution is -2.29. The van der Waals surface area contributed by atoms with Gasteiger partial charge in [-0.1, -0.05) is 37.3 Å². The lowest BCUT2D eigenvalue weighted by Gasteiger charge is -2.29. The molecule has 98 valence electrons. The molecule has 1 aliphatic rings. The molecule has 19 heavy (non-hydrogen) atoms. The van der Waals surface area contributed by atoms with Gasteiger partial charge in [0.15, 0.2) is 0 Å². The van der Waals surface area contributed by atoms with E-state index in [0.29, 0.717) is 6.42 Å². The zero-order valence-corrected chi connectivity index (χ0v) is 12.9. The first-order valence-corrected chi connectivity index (χ1v) is 7.81. The summed E-state index contributed by atoms with van der Waals surface area (Å²) in [5.74, 6) is 0.126. The molecule has 1 aromatic heterocycles. The topological polar surface area (TPSA) is 29.1 Å². The minimum atomic E-state index is -0.172. The SMILES string of the molecule is CC1(c2ccc(Br)s2)CC(=O)NC1c1ccccc1. The second kappa shape index (κ2) is 4.76. The quantitative estimate of drug-likeness (QED) is 0.881. The fourth-order valence-corrected chi connectivity index (χ4v) is 4.31. The molecule has 0 radical (unpaired) electrons. The van der Waals surface area contributed by atoms with Crippen molar-refractivity contribution in [3.05, 3.63) is 56.7 Å². The third-order valence-electron chi connectivity index (χ3n) is 3.74. The molecule has 1 aliphatic heterocycles. The van der Waals surface area contributed by atoms with Crippen LogP contribution in [0.3, 0.4) is 0 Å². The molecule has 2 nitrogen and oxygen atoms in total. The third-order valence-corrected chi connectivity index (χ3v) is 5.64. The first kappa shape index (κ1) is 12.9. The molecule has 1 N–H and O–H groups in total. The fourth-order valence-electron chi connectivity index (χ4n) is 2.75. The van der Waals surface area contributed by atoms with Crippen LogP contribution in [0.2, 0.25) is 0 Å². The Balaban J connectivity index is 2.05. The van der Waals surface area contributed by atoms with Crippen molar-refractivity contribution >= 4 is 33.2 Å². The van der Waals surface area contributed by atoms with Gasteiger partial charge in [0, 0.05) is 16.7 Å². The molecule has 1 fully saturated rings. The van der Waals surface area contributed by atoms with Crippen LogP contribution in [0, 0.1) is 0 Å². The minimum Gasteiger partial charge on any atom is -0.348 e. The van der Waals surface area contributed by atoms with Crippen LogP contribution in [-0.4, -0.2) is 5.91 Å². The van der Waals surface area contributed by atoms with E-state index >= 15 is 0 Å². The van der Waals surface area contributed by atoms with Crippen molar-refractivity contribution in [3.8, 4) is 0 Å². The monoisotopic (exact) mass is 335 g/mol. The van der Waals surface area contributed by atoms with Gasteiger partial charge in [0.2, 0.25) is 5.91 Å². The van der Waals surface area contributed by atoms with Gasteiger partial charge >= 0.3 is 0 Å². The lowest BCUT2D eigenvalue weighted by atomic mass is 9.78. The highest BCUT2D eigenvalue weighted by atomic mass is 79.9. The van der Waals surface area contributed by atoms with Gasteiger partial charge < -0.3 is 5.32 Å². The minimum absolute atomic E-state index is 0.0479. The van der Waals surface area contributed by atoms with Crippen molar-refractivity contribution < 1.29 is 4.79 Å². The summed E-state index contributed by atoms with van der Waals surface area (Å²) in [7, 11) is 0. The van der Waals surface area contributed by atoms with Gasteiger partial charge in [-0.2, -0.15) is 0 Å². The number of halogens is 1. The van der Waals surface area contributed by atoms with Gasteiger partial charge in [-0.25, -0.2) is 0 Å². The summed E-state index contributed by atoms with van der Waals surface area (Å²) in [6, 6.07) is 14.4. The summed E-state index contributed by atoms with van der Waals surface area (Å²) >= 11 is 5.22. The summed E-state index contributed by atoms with van der Waals surface area (Å²) in [6.45, 7) is 2.17. The molecule has 2 atom stereocenters. The van der Waals surface area contributed by atoms with Crippen LogP contribution >= 0.6 is 27.3 Å². The lowest BCUT2D eigenvalue weighted by molar-refractivity contribution is -0.119. The number of benzene rings is 1. The zero-order chi connectivity index (χ0) is 13.5. The Morgan fingerprint density at radius 3 is 2.63 bits per heavy atom. The van der Waals surface area contributed by atoms with Crippen molar-refractivity contribution in [2.75, 3.05) is 0 Å². The smallest absolute Gasteiger partial charge is 0.221 e. The Morgan fingerprint density at radius 2 is 2.00 bits per heavy atom. The number of carbonyl (C=O) groups excluding carboxylic acids is 1. The number of carbonyl (C=O) groups is 1. The maximum atomic E-state index is 11.9. The van der Waals surface area contributed by atoms with E-state index in [2.05, 4.69) is 52.4 Å². The van der Waals surface area contributed by atoms with Gasteiger partial charge in [0.05, 0.1) is 9.83 Å². The predicted molar refractivity (Wildman–Crippen MR) is 81.3 cm³/mol. The molecule has 2 aromatic rings. The summed E-state index contributed by atoms with van der Waals surface area (Å²) in [5.41, 5.74) is 0.996. The Kier molecular flexibility index (Phi) is 3.23. The highest BCUT2D eigenvalue weighted by Gasteiger charge is 2.46. The van der Waals surface area contributed by atoms with Gasteiger partial charge in [-0.3, -0.25) is 4.79 Å². The highest BCUT2D eigenvalue weighted by molar-refractivity contribution is 9.11. The fraction of sp³-hybridized carbons (Fsp3) is 0.267. The molecule has 0 aliphatic carbocycles. The second-order valence-corrected chi connectivity index (χ2v) is 7.57. The van der Waals surface area contributed by atoms with E-state index in [1.54, 1.807) is 11.3 Å². The molecular weight excluding hydrogens is 322 g/mol. The van der Waals surface area contributed by atoms with Crippen LogP contribution in [0.25, 0.3) is 0 Å². The second-order valence-electron chi connectivity index (χ2n) is 5.11. The molecular formula is C15H14BrNOS. The first-order chi connectivity index (χ1) is 9.09. The third kappa shape index (κ3) is 2.23. The van der Waals surface area contributed by atoms with Crippen LogP contribution in [0.1, 0.15) is 29.8 Å². The molecule has 4 heteroatoms. The van der Waals surface area contributed by atoms with Gasteiger partial charge in [0.1, 0.15) is 0 Å². The van der Waals surface area contributed by atoms with E-state index in [1.807, 2.05) is 18.2 Å². The van der Waals surface area contributed by atoms with E-state index < -0.39 is 0 Å². The first-order valence-electron chi connectivity index (χ1n) is 6.20. The number of thiophene rings is 1. The summed E-state index contributed by atoms with van der Waals surface area (Å²) < 4.78 is 1.11. The molecule has 0 saturated carbocycles. The van der Waals surface area contributed by atoms with E-state index in [0.717, 1.165) is 3.79 Å². The molecule has 3 rings (SSSR count). The molecule has 0 spiro atoms. The van der Waals surface area contributed by atoms with Crippen LogP contribution < -0.4 is 5.32 Å². The molecule has 0 bridgehead atoms. The Hall–Kier alpha value is -1.13. The molecule has 1 amide bonds. The van der Waals surface area contributed by atoms with E-state index in [1.165, 1.54) is 10.4 Å². The van der Waals surface area contributed by atoms with Crippen molar-refractivity contribution in [2.24, 2.45) is 0 Å². The van der Waals surface area contributed by atoms with Crippen molar-refractivity contribution in [1.82, 2.24) is 5.32 Å². The highest BCUT2D eigenvalue weighted by Crippen LogP contribution is 2.47. The average Bonchev–Trinajstić information content (AvgIpc) is 2.95. The van der Waals surface area contributed by atoms with Crippen LogP contribution in [0.15, 0.2) is 46.3 Å². The maximum absolute atomic E-state index is 11.9. The van der Waals surface area contributed by atoms with Gasteiger partial charge in [-0.05, 0) is 33.6 Å². The maximum Gasteiger partial charge on any atom is 0.221 e. The summed E-state index contributed by atoms with van der Waals surface area (Å²) in [4.78, 5) is 13.1. The summed E-state index contributed by atoms with van der Waals surface area (Å²) in [5, 5.41) is 3.12. The molecule has 2 unspecified atom stereocenters. The van der Waals surface area contributed by atoms with E-state index in [9.17, 15) is 4.79 Å². The predicted octanol–water partition coefficient (Wildman–Crippen LogP) is 4.03. The molecule has 1 saturated heterocycles. The number of hydrogen-bond donors (Lipinski definition) is 1. The van der Waals surface area contributed by atoms with Crippen LogP contribution in [0.5, 0.6) is 0 Å². The Bertz CT molecular complexity index is 610.